The van der Waals surface area contributed by atoms with E-state index in [4.69, 9.17) is 10.5 Å². The molecule has 2 aromatic rings. The fourth-order valence-corrected chi connectivity index (χ4v) is 1.37. The number of ether oxygens (including phenoxy) is 1. The van der Waals surface area contributed by atoms with Crippen molar-refractivity contribution in [2.45, 2.75) is 6.61 Å². The molecule has 0 bridgehead atoms. The predicted octanol–water partition coefficient (Wildman–Crippen LogP) is 1.72. The molecular formula is C11H12FN3O. The Bertz CT molecular complexity index is 476. The average Bonchev–Trinajstić information content (AvgIpc) is 2.56. The van der Waals surface area contributed by atoms with E-state index in [1.807, 2.05) is 0 Å². The van der Waals surface area contributed by atoms with Gasteiger partial charge in [-0.25, -0.2) is 4.39 Å². The van der Waals surface area contributed by atoms with E-state index in [0.29, 0.717) is 11.4 Å². The third-order valence-corrected chi connectivity index (χ3v) is 2.27. The van der Waals surface area contributed by atoms with Crippen LogP contribution in [0.4, 0.5) is 10.1 Å². The zero-order valence-corrected chi connectivity index (χ0v) is 8.85. The van der Waals surface area contributed by atoms with E-state index < -0.39 is 0 Å². The van der Waals surface area contributed by atoms with E-state index >= 15 is 0 Å². The van der Waals surface area contributed by atoms with Crippen molar-refractivity contribution in [3.05, 3.63) is 42.0 Å². The Morgan fingerprint density at radius 1 is 1.50 bits per heavy atom. The topological polar surface area (TPSA) is 53.1 Å². The van der Waals surface area contributed by atoms with Crippen molar-refractivity contribution in [2.75, 3.05) is 5.73 Å². The summed E-state index contributed by atoms with van der Waals surface area (Å²) in [5.74, 6) is 0.149. The molecule has 1 aromatic carbocycles. The Hall–Kier alpha value is -2.04. The SMILES string of the molecule is Cn1ncc(N)c1COc1cccc(F)c1. The van der Waals surface area contributed by atoms with E-state index in [1.54, 1.807) is 30.1 Å². The standard InChI is InChI=1S/C11H12FN3O/c1-15-11(10(13)6-14-15)7-16-9-4-2-3-8(12)5-9/h2-6H,7,13H2,1H3. The molecule has 0 saturated carbocycles. The first-order valence-electron chi connectivity index (χ1n) is 4.81. The summed E-state index contributed by atoms with van der Waals surface area (Å²) in [4.78, 5) is 0. The first kappa shape index (κ1) is 10.5. The van der Waals surface area contributed by atoms with Crippen molar-refractivity contribution in [3.8, 4) is 5.75 Å². The number of nitrogens with two attached hydrogens (primary N) is 1. The minimum Gasteiger partial charge on any atom is -0.487 e. The average molecular weight is 221 g/mol. The van der Waals surface area contributed by atoms with Gasteiger partial charge in [-0.3, -0.25) is 4.68 Å². The number of aromatic nitrogens is 2. The van der Waals surface area contributed by atoms with Gasteiger partial charge in [0.05, 0.1) is 17.6 Å². The third-order valence-electron chi connectivity index (χ3n) is 2.27. The molecule has 0 amide bonds. The molecule has 0 saturated heterocycles. The fraction of sp³-hybridized carbons (Fsp3) is 0.182. The molecule has 0 unspecified atom stereocenters. The molecule has 0 radical (unpaired) electrons. The molecule has 4 nitrogen and oxygen atoms in total. The van der Waals surface area contributed by atoms with Crippen LogP contribution in [0.3, 0.4) is 0 Å². The second-order valence-electron chi connectivity index (χ2n) is 3.42. The van der Waals surface area contributed by atoms with E-state index in [1.165, 1.54) is 12.1 Å². The Morgan fingerprint density at radius 2 is 2.31 bits per heavy atom. The second kappa shape index (κ2) is 4.22. The lowest BCUT2D eigenvalue weighted by molar-refractivity contribution is 0.294. The number of aryl methyl sites for hydroxylation is 1. The Balaban J connectivity index is 2.08. The maximum absolute atomic E-state index is 12.9. The van der Waals surface area contributed by atoms with E-state index in [0.717, 1.165) is 5.69 Å². The van der Waals surface area contributed by atoms with Crippen LogP contribution in [0.25, 0.3) is 0 Å². The monoisotopic (exact) mass is 221 g/mol. The summed E-state index contributed by atoms with van der Waals surface area (Å²) >= 11 is 0. The maximum atomic E-state index is 12.9. The number of nitrogens with zero attached hydrogens (tertiary/aromatic N) is 2. The smallest absolute Gasteiger partial charge is 0.132 e. The highest BCUT2D eigenvalue weighted by Gasteiger charge is 2.06. The van der Waals surface area contributed by atoms with Crippen molar-refractivity contribution in [2.24, 2.45) is 7.05 Å². The van der Waals surface area contributed by atoms with Gasteiger partial charge in [0.2, 0.25) is 0 Å². The fourth-order valence-electron chi connectivity index (χ4n) is 1.37. The summed E-state index contributed by atoms with van der Waals surface area (Å²) in [7, 11) is 1.78. The largest absolute Gasteiger partial charge is 0.487 e. The normalized spacial score (nSPS) is 10.4. The molecule has 1 heterocycles. The van der Waals surface area contributed by atoms with Crippen LogP contribution in [0.15, 0.2) is 30.5 Å². The predicted molar refractivity (Wildman–Crippen MR) is 58.4 cm³/mol. The van der Waals surface area contributed by atoms with Crippen LogP contribution in [0.1, 0.15) is 5.69 Å². The lowest BCUT2D eigenvalue weighted by Crippen LogP contribution is -2.05. The lowest BCUT2D eigenvalue weighted by atomic mass is 10.3. The molecular weight excluding hydrogens is 209 g/mol. The van der Waals surface area contributed by atoms with Crippen molar-refractivity contribution in [3.63, 3.8) is 0 Å². The second-order valence-corrected chi connectivity index (χ2v) is 3.42. The van der Waals surface area contributed by atoms with Gasteiger partial charge < -0.3 is 10.5 Å². The molecule has 0 aliphatic carbocycles. The summed E-state index contributed by atoms with van der Waals surface area (Å²) in [6.07, 6.45) is 1.56. The Kier molecular flexibility index (Phi) is 2.76. The van der Waals surface area contributed by atoms with Crippen LogP contribution in [0.5, 0.6) is 5.75 Å². The number of rotatable bonds is 3. The number of hydrogen-bond acceptors (Lipinski definition) is 3. The third kappa shape index (κ3) is 2.13. The van der Waals surface area contributed by atoms with Gasteiger partial charge >= 0.3 is 0 Å². The molecule has 0 aliphatic heterocycles. The molecule has 0 aliphatic rings. The van der Waals surface area contributed by atoms with Gasteiger partial charge in [0.15, 0.2) is 0 Å². The Labute approximate surface area is 92.4 Å². The molecule has 16 heavy (non-hydrogen) atoms. The van der Waals surface area contributed by atoms with Crippen LogP contribution >= 0.6 is 0 Å². The summed E-state index contributed by atoms with van der Waals surface area (Å²) in [6.45, 7) is 0.270. The number of hydrogen-bond donors (Lipinski definition) is 1. The minimum absolute atomic E-state index is 0.270. The van der Waals surface area contributed by atoms with Gasteiger partial charge in [-0.1, -0.05) is 6.07 Å². The highest BCUT2D eigenvalue weighted by molar-refractivity contribution is 5.40. The van der Waals surface area contributed by atoms with Gasteiger partial charge in [0.25, 0.3) is 0 Å². The highest BCUT2D eigenvalue weighted by atomic mass is 19.1. The van der Waals surface area contributed by atoms with Gasteiger partial charge in [0, 0.05) is 13.1 Å². The van der Waals surface area contributed by atoms with Crippen molar-refractivity contribution in [1.29, 1.82) is 0 Å². The zero-order chi connectivity index (χ0) is 11.5. The van der Waals surface area contributed by atoms with Crippen LogP contribution in [-0.4, -0.2) is 9.78 Å². The molecule has 0 fully saturated rings. The molecule has 0 atom stereocenters. The van der Waals surface area contributed by atoms with E-state index in [9.17, 15) is 4.39 Å². The molecule has 0 spiro atoms. The van der Waals surface area contributed by atoms with E-state index in [-0.39, 0.29) is 12.4 Å². The lowest BCUT2D eigenvalue weighted by Gasteiger charge is -2.07. The van der Waals surface area contributed by atoms with Gasteiger partial charge in [-0.15, -0.1) is 0 Å². The van der Waals surface area contributed by atoms with Gasteiger partial charge in [-0.05, 0) is 12.1 Å². The number of nitrogen functional groups attached to an aromatic ring is 1. The summed E-state index contributed by atoms with van der Waals surface area (Å²) in [5, 5.41) is 3.98. The molecule has 1 aromatic heterocycles. The summed E-state index contributed by atoms with van der Waals surface area (Å²) in [6, 6.07) is 5.98. The highest BCUT2D eigenvalue weighted by Crippen LogP contribution is 2.16. The zero-order valence-electron chi connectivity index (χ0n) is 8.85. The molecule has 2 rings (SSSR count). The first-order valence-corrected chi connectivity index (χ1v) is 4.81. The molecule has 84 valence electrons. The van der Waals surface area contributed by atoms with Crippen LogP contribution < -0.4 is 10.5 Å². The van der Waals surface area contributed by atoms with Crippen LogP contribution in [0, 0.1) is 5.82 Å². The van der Waals surface area contributed by atoms with Crippen LogP contribution in [-0.2, 0) is 13.7 Å². The quantitative estimate of drug-likeness (QED) is 0.858. The van der Waals surface area contributed by atoms with Crippen LogP contribution in [0.2, 0.25) is 0 Å². The first-order chi connectivity index (χ1) is 7.66. The van der Waals surface area contributed by atoms with Crippen molar-refractivity contribution >= 4 is 5.69 Å². The number of halogens is 1. The van der Waals surface area contributed by atoms with E-state index in [2.05, 4.69) is 5.10 Å². The van der Waals surface area contributed by atoms with Gasteiger partial charge in [-0.2, -0.15) is 5.10 Å². The summed E-state index contributed by atoms with van der Waals surface area (Å²) in [5.41, 5.74) is 7.03. The van der Waals surface area contributed by atoms with Gasteiger partial charge in [0.1, 0.15) is 18.2 Å². The van der Waals surface area contributed by atoms with Crippen molar-refractivity contribution in [1.82, 2.24) is 9.78 Å². The van der Waals surface area contributed by atoms with Crippen molar-refractivity contribution < 1.29 is 9.13 Å². The Morgan fingerprint density at radius 3 is 2.94 bits per heavy atom. The number of benzene rings is 1. The maximum Gasteiger partial charge on any atom is 0.132 e. The summed E-state index contributed by atoms with van der Waals surface area (Å²) < 4.78 is 19.9. The molecule has 2 N–H and O–H groups in total. The number of anilines is 1. The molecule has 5 heteroatoms. The minimum atomic E-state index is -0.324.